The van der Waals surface area contributed by atoms with Gasteiger partial charge in [0.05, 0.1) is 0 Å². The van der Waals surface area contributed by atoms with E-state index in [1.807, 2.05) is 12.1 Å². The van der Waals surface area contributed by atoms with Gasteiger partial charge in [0, 0.05) is 44.9 Å². The number of piperidine rings is 1. The van der Waals surface area contributed by atoms with Gasteiger partial charge in [-0.1, -0.05) is 26.0 Å². The third-order valence-corrected chi connectivity index (χ3v) is 7.00. The Hall–Kier alpha value is -2.03. The number of amides is 2. The predicted octanol–water partition coefficient (Wildman–Crippen LogP) is 2.68. The number of likely N-dealkylation sites (tertiary alicyclic amines) is 1. The van der Waals surface area contributed by atoms with Gasteiger partial charge in [-0.25, -0.2) is 4.39 Å². The van der Waals surface area contributed by atoms with Crippen LogP contribution >= 0.6 is 0 Å². The van der Waals surface area contributed by atoms with Crippen molar-refractivity contribution in [3.8, 4) is 0 Å². The molecular weight excluding hydrogens is 435 g/mol. The fraction of sp³-hybridized carbons (Fsp3) is 0.692. The number of nitrogens with one attached hydrogen (secondary N) is 1. The minimum atomic E-state index is -0.528. The number of ether oxygens (including phenoxy) is 1. The second-order valence-corrected chi connectivity index (χ2v) is 10.3. The van der Waals surface area contributed by atoms with E-state index >= 15 is 0 Å². The van der Waals surface area contributed by atoms with Crippen molar-refractivity contribution in [1.29, 1.82) is 0 Å². The van der Waals surface area contributed by atoms with E-state index in [9.17, 15) is 14.0 Å². The van der Waals surface area contributed by atoms with E-state index in [0.29, 0.717) is 25.4 Å². The summed E-state index contributed by atoms with van der Waals surface area (Å²) in [6, 6.07) is 6.55. The molecule has 7 nitrogen and oxygen atoms in total. The first-order valence-corrected chi connectivity index (χ1v) is 12.6. The van der Waals surface area contributed by atoms with Gasteiger partial charge in [-0.15, -0.1) is 0 Å². The standard InChI is InChI=1S/C26H41FN4O3/c1-18(2)15-30(16-19-4-6-20(27)7-5-19)23-12-13-31(25(32)17-34-3)24(14-23)26(33)29-22-10-8-21(28)9-11-22/h4-7,18,21-24H,8-17,28H2,1-3H3,(H,29,33)/t21?,22?,23?,24-/m1/s1. The third kappa shape index (κ3) is 7.48. The van der Waals surface area contributed by atoms with Gasteiger partial charge in [-0.2, -0.15) is 0 Å². The molecule has 3 rings (SSSR count). The van der Waals surface area contributed by atoms with Gasteiger partial charge in [0.1, 0.15) is 18.5 Å². The molecule has 2 amide bonds. The van der Waals surface area contributed by atoms with Crippen LogP contribution in [0, 0.1) is 11.7 Å². The highest BCUT2D eigenvalue weighted by atomic mass is 19.1. The highest BCUT2D eigenvalue weighted by Crippen LogP contribution is 2.26. The van der Waals surface area contributed by atoms with Crippen LogP contribution in [0.2, 0.25) is 0 Å². The quantitative estimate of drug-likeness (QED) is 0.572. The Morgan fingerprint density at radius 1 is 1.18 bits per heavy atom. The number of methoxy groups -OCH3 is 1. The minimum Gasteiger partial charge on any atom is -0.375 e. The maximum absolute atomic E-state index is 13.4. The van der Waals surface area contributed by atoms with Crippen molar-refractivity contribution in [2.45, 2.75) is 83.1 Å². The second-order valence-electron chi connectivity index (χ2n) is 10.3. The summed E-state index contributed by atoms with van der Waals surface area (Å²) in [6.45, 7) is 6.38. The Kier molecular flexibility index (Phi) is 9.85. The largest absolute Gasteiger partial charge is 0.375 e. The first kappa shape index (κ1) is 26.6. The normalized spacial score (nSPS) is 25.6. The maximum atomic E-state index is 13.4. The molecule has 1 aromatic rings. The first-order valence-electron chi connectivity index (χ1n) is 12.6. The summed E-state index contributed by atoms with van der Waals surface area (Å²) in [5.41, 5.74) is 7.06. The van der Waals surface area contributed by atoms with Gasteiger partial charge in [-0.05, 0) is 62.1 Å². The fourth-order valence-electron chi connectivity index (χ4n) is 5.23. The van der Waals surface area contributed by atoms with Gasteiger partial charge < -0.3 is 20.7 Å². The zero-order valence-corrected chi connectivity index (χ0v) is 20.8. The van der Waals surface area contributed by atoms with Crippen molar-refractivity contribution in [2.24, 2.45) is 11.7 Å². The SMILES string of the molecule is COCC(=O)N1CCC(N(Cc2ccc(F)cc2)CC(C)C)C[C@@H]1C(=O)NC1CCC(N)CC1. The van der Waals surface area contributed by atoms with E-state index in [4.69, 9.17) is 10.5 Å². The molecule has 1 heterocycles. The average Bonchev–Trinajstić information content (AvgIpc) is 2.81. The molecule has 0 aromatic heterocycles. The number of hydrogen-bond acceptors (Lipinski definition) is 5. The highest BCUT2D eigenvalue weighted by Gasteiger charge is 2.39. The van der Waals surface area contributed by atoms with Crippen molar-refractivity contribution < 1.29 is 18.7 Å². The van der Waals surface area contributed by atoms with E-state index < -0.39 is 6.04 Å². The number of carbonyl (C=O) groups is 2. The molecule has 2 aliphatic rings. The number of nitrogens with two attached hydrogens (primary N) is 1. The molecule has 1 aliphatic carbocycles. The van der Waals surface area contributed by atoms with Crippen molar-refractivity contribution in [2.75, 3.05) is 26.8 Å². The van der Waals surface area contributed by atoms with Crippen LogP contribution in [0.4, 0.5) is 4.39 Å². The molecule has 3 N–H and O–H groups in total. The van der Waals surface area contributed by atoms with Gasteiger partial charge >= 0.3 is 0 Å². The number of hydrogen-bond donors (Lipinski definition) is 2. The number of carbonyl (C=O) groups excluding carboxylic acids is 2. The van der Waals surface area contributed by atoms with Crippen LogP contribution in [0.3, 0.4) is 0 Å². The molecule has 0 spiro atoms. The average molecular weight is 477 g/mol. The van der Waals surface area contributed by atoms with Gasteiger partial charge in [0.25, 0.3) is 0 Å². The molecule has 1 unspecified atom stereocenters. The van der Waals surface area contributed by atoms with Crippen molar-refractivity contribution in [1.82, 2.24) is 15.1 Å². The Morgan fingerprint density at radius 2 is 1.85 bits per heavy atom. The summed E-state index contributed by atoms with van der Waals surface area (Å²) in [5, 5.41) is 3.20. The molecule has 2 atom stereocenters. The van der Waals surface area contributed by atoms with Gasteiger partial charge in [0.2, 0.25) is 11.8 Å². The summed E-state index contributed by atoms with van der Waals surface area (Å²) < 4.78 is 18.5. The van der Waals surface area contributed by atoms with Crippen molar-refractivity contribution in [3.05, 3.63) is 35.6 Å². The van der Waals surface area contributed by atoms with Crippen LogP contribution in [-0.2, 0) is 20.9 Å². The molecule has 8 heteroatoms. The van der Waals surface area contributed by atoms with Crippen LogP contribution in [0.15, 0.2) is 24.3 Å². The van der Waals surface area contributed by atoms with Gasteiger partial charge in [-0.3, -0.25) is 14.5 Å². The molecule has 190 valence electrons. The van der Waals surface area contributed by atoms with Crippen molar-refractivity contribution in [3.63, 3.8) is 0 Å². The van der Waals surface area contributed by atoms with E-state index in [1.54, 1.807) is 4.90 Å². The molecule has 1 saturated carbocycles. The number of rotatable bonds is 9. The molecule has 34 heavy (non-hydrogen) atoms. The summed E-state index contributed by atoms with van der Waals surface area (Å²) >= 11 is 0. The molecule has 1 saturated heterocycles. The second kappa shape index (κ2) is 12.6. The number of nitrogens with zero attached hydrogens (tertiary/aromatic N) is 2. The van der Waals surface area contributed by atoms with Crippen LogP contribution in [0.25, 0.3) is 0 Å². The lowest BCUT2D eigenvalue weighted by Crippen LogP contribution is -2.59. The smallest absolute Gasteiger partial charge is 0.249 e. The van der Waals surface area contributed by atoms with E-state index in [-0.39, 0.29) is 42.4 Å². The fourth-order valence-corrected chi connectivity index (χ4v) is 5.23. The zero-order valence-electron chi connectivity index (χ0n) is 20.8. The zero-order chi connectivity index (χ0) is 24.7. The summed E-state index contributed by atoms with van der Waals surface area (Å²) in [7, 11) is 1.50. The molecule has 1 aliphatic heterocycles. The topological polar surface area (TPSA) is 87.9 Å². The summed E-state index contributed by atoms with van der Waals surface area (Å²) in [6.07, 6.45) is 4.92. The Morgan fingerprint density at radius 3 is 2.47 bits per heavy atom. The monoisotopic (exact) mass is 476 g/mol. The Bertz CT molecular complexity index is 796. The molecular formula is C26H41FN4O3. The number of benzene rings is 1. The number of halogens is 1. The maximum Gasteiger partial charge on any atom is 0.249 e. The van der Waals surface area contributed by atoms with Crippen LogP contribution < -0.4 is 11.1 Å². The Labute approximate surface area is 203 Å². The molecule has 0 bridgehead atoms. The third-order valence-electron chi connectivity index (χ3n) is 7.00. The lowest BCUT2D eigenvalue weighted by Gasteiger charge is -2.44. The lowest BCUT2D eigenvalue weighted by molar-refractivity contribution is -0.147. The summed E-state index contributed by atoms with van der Waals surface area (Å²) in [5.74, 6) is -0.0431. The molecule has 2 fully saturated rings. The minimum absolute atomic E-state index is 0.0297. The van der Waals surface area contributed by atoms with Crippen LogP contribution in [0.5, 0.6) is 0 Å². The lowest BCUT2D eigenvalue weighted by atomic mass is 9.90. The van der Waals surface area contributed by atoms with Crippen molar-refractivity contribution >= 4 is 11.8 Å². The van der Waals surface area contributed by atoms with Gasteiger partial charge in [0.15, 0.2) is 0 Å². The first-order chi connectivity index (χ1) is 16.3. The summed E-state index contributed by atoms with van der Waals surface area (Å²) in [4.78, 5) is 30.3. The predicted molar refractivity (Wildman–Crippen MR) is 130 cm³/mol. The molecule has 0 radical (unpaired) electrons. The van der Waals surface area contributed by atoms with Crippen LogP contribution in [-0.4, -0.2) is 72.6 Å². The van der Waals surface area contributed by atoms with E-state index in [0.717, 1.165) is 44.2 Å². The van der Waals surface area contributed by atoms with E-state index in [1.165, 1.54) is 19.2 Å². The highest BCUT2D eigenvalue weighted by molar-refractivity contribution is 5.88. The van der Waals surface area contributed by atoms with Crippen LogP contribution in [0.1, 0.15) is 57.9 Å². The molecule has 1 aromatic carbocycles. The Balaban J connectivity index is 1.74. The van der Waals surface area contributed by atoms with E-state index in [2.05, 4.69) is 24.1 Å².